The highest BCUT2D eigenvalue weighted by atomic mass is 19.1. The monoisotopic (exact) mass is 396 g/mol. The first-order valence-corrected chi connectivity index (χ1v) is 11.0. The number of hydrogen-bond acceptors (Lipinski definition) is 2. The van der Waals surface area contributed by atoms with Crippen molar-refractivity contribution < 1.29 is 14.0 Å². The van der Waals surface area contributed by atoms with Crippen LogP contribution in [0, 0.1) is 29.0 Å². The summed E-state index contributed by atoms with van der Waals surface area (Å²) in [6.45, 7) is 0.767. The highest BCUT2D eigenvalue weighted by Crippen LogP contribution is 2.69. The number of hydrogen-bond donors (Lipinski definition) is 2. The van der Waals surface area contributed by atoms with Crippen molar-refractivity contribution in [3.8, 4) is 0 Å². The Hall–Kier alpha value is -2.17. The number of allylic oxidation sites excluding steroid dienone is 2. The summed E-state index contributed by atoms with van der Waals surface area (Å²) in [6.07, 6.45) is 11.6. The lowest BCUT2D eigenvalue weighted by Crippen LogP contribution is -2.44. The number of nitrogens with one attached hydrogen (secondary N) is 2. The maximum atomic E-state index is 13.2. The van der Waals surface area contributed by atoms with Crippen LogP contribution in [0.15, 0.2) is 36.4 Å². The van der Waals surface area contributed by atoms with Gasteiger partial charge in [0.2, 0.25) is 11.8 Å². The van der Waals surface area contributed by atoms with E-state index < -0.39 is 5.54 Å². The van der Waals surface area contributed by atoms with Crippen molar-refractivity contribution in [1.82, 2.24) is 10.6 Å². The van der Waals surface area contributed by atoms with E-state index in [0.717, 1.165) is 24.4 Å². The lowest BCUT2D eigenvalue weighted by atomic mass is 9.85. The third-order valence-corrected chi connectivity index (χ3v) is 7.93. The van der Waals surface area contributed by atoms with Gasteiger partial charge in [0.25, 0.3) is 0 Å². The first-order valence-electron chi connectivity index (χ1n) is 11.0. The molecule has 1 spiro atoms. The van der Waals surface area contributed by atoms with E-state index in [-0.39, 0.29) is 17.6 Å². The van der Waals surface area contributed by atoms with Crippen LogP contribution in [-0.2, 0) is 16.0 Å². The number of carbonyl (C=O) groups is 2. The fourth-order valence-corrected chi connectivity index (χ4v) is 6.22. The first kappa shape index (κ1) is 18.8. The Morgan fingerprint density at radius 1 is 1.17 bits per heavy atom. The van der Waals surface area contributed by atoms with Crippen LogP contribution in [-0.4, -0.2) is 23.9 Å². The molecule has 4 aliphatic rings. The molecule has 2 N–H and O–H groups in total. The van der Waals surface area contributed by atoms with E-state index >= 15 is 0 Å². The molecule has 1 saturated heterocycles. The molecular formula is C24H29FN2O2. The summed E-state index contributed by atoms with van der Waals surface area (Å²) in [5.41, 5.74) is 1.14. The fourth-order valence-electron chi connectivity index (χ4n) is 6.22. The zero-order valence-electron chi connectivity index (χ0n) is 16.8. The SMILES string of the molecule is O=C(CC[C@]1(Cc2ccc(F)cc2)CCC(=O)N1)NC[C@H]1C[C@H]2C=C[C@H]1C21CC1. The van der Waals surface area contributed by atoms with Crippen molar-refractivity contribution in [2.45, 2.75) is 56.9 Å². The van der Waals surface area contributed by atoms with Crippen LogP contribution in [0.2, 0.25) is 0 Å². The predicted octanol–water partition coefficient (Wildman–Crippen LogP) is 3.52. The second kappa shape index (κ2) is 6.96. The largest absolute Gasteiger partial charge is 0.356 e. The van der Waals surface area contributed by atoms with Crippen LogP contribution in [0.1, 0.15) is 50.5 Å². The third-order valence-electron chi connectivity index (χ3n) is 7.93. The topological polar surface area (TPSA) is 58.2 Å². The van der Waals surface area contributed by atoms with Crippen LogP contribution in [0.3, 0.4) is 0 Å². The second-order valence-corrected chi connectivity index (χ2v) is 9.68. The summed E-state index contributed by atoms with van der Waals surface area (Å²) < 4.78 is 13.2. The van der Waals surface area contributed by atoms with E-state index in [0.29, 0.717) is 42.9 Å². The second-order valence-electron chi connectivity index (χ2n) is 9.68. The van der Waals surface area contributed by atoms with Crippen LogP contribution in [0.25, 0.3) is 0 Å². The Morgan fingerprint density at radius 2 is 1.97 bits per heavy atom. The van der Waals surface area contributed by atoms with Gasteiger partial charge in [-0.25, -0.2) is 4.39 Å². The molecule has 2 amide bonds. The van der Waals surface area contributed by atoms with Gasteiger partial charge in [-0.2, -0.15) is 0 Å². The van der Waals surface area contributed by atoms with Crippen molar-refractivity contribution in [2.75, 3.05) is 6.54 Å². The van der Waals surface area contributed by atoms with E-state index in [1.807, 2.05) is 0 Å². The Labute approximate surface area is 171 Å². The van der Waals surface area contributed by atoms with Gasteiger partial charge in [0.15, 0.2) is 0 Å². The highest BCUT2D eigenvalue weighted by Gasteiger charge is 2.62. The molecule has 1 aromatic carbocycles. The Kier molecular flexibility index (Phi) is 4.52. The summed E-state index contributed by atoms with van der Waals surface area (Å²) in [4.78, 5) is 24.5. The Balaban J connectivity index is 1.15. The van der Waals surface area contributed by atoms with Crippen LogP contribution in [0.5, 0.6) is 0 Å². The molecule has 1 aliphatic heterocycles. The number of carbonyl (C=O) groups excluding carboxylic acids is 2. The number of benzene rings is 1. The summed E-state index contributed by atoms with van der Waals surface area (Å²) >= 11 is 0. The molecule has 5 heteroatoms. The van der Waals surface area contributed by atoms with Crippen LogP contribution in [0.4, 0.5) is 4.39 Å². The third kappa shape index (κ3) is 3.49. The molecule has 154 valence electrons. The van der Waals surface area contributed by atoms with Gasteiger partial charge in [0, 0.05) is 24.9 Å². The van der Waals surface area contributed by atoms with Gasteiger partial charge in [-0.1, -0.05) is 24.3 Å². The normalized spacial score (nSPS) is 33.3. The lowest BCUT2D eigenvalue weighted by Gasteiger charge is -2.29. The quantitative estimate of drug-likeness (QED) is 0.693. The highest BCUT2D eigenvalue weighted by molar-refractivity contribution is 5.80. The minimum atomic E-state index is -0.403. The van der Waals surface area contributed by atoms with Crippen LogP contribution < -0.4 is 10.6 Å². The van der Waals surface area contributed by atoms with Gasteiger partial charge in [0.1, 0.15) is 5.82 Å². The molecule has 4 atom stereocenters. The number of amides is 2. The van der Waals surface area contributed by atoms with Crippen molar-refractivity contribution in [2.24, 2.45) is 23.2 Å². The number of halogens is 1. The molecule has 0 radical (unpaired) electrons. The molecule has 2 bridgehead atoms. The van der Waals surface area contributed by atoms with E-state index in [9.17, 15) is 14.0 Å². The average Bonchev–Trinajstić information content (AvgIpc) is 3.24. The lowest BCUT2D eigenvalue weighted by molar-refractivity contribution is -0.123. The molecule has 2 saturated carbocycles. The summed E-state index contributed by atoms with van der Waals surface area (Å²) in [5.74, 6) is 1.82. The summed E-state index contributed by atoms with van der Waals surface area (Å²) in [5, 5.41) is 6.27. The molecule has 3 aliphatic carbocycles. The van der Waals surface area contributed by atoms with Gasteiger partial charge < -0.3 is 10.6 Å². The molecule has 29 heavy (non-hydrogen) atoms. The fraction of sp³-hybridized carbons (Fsp3) is 0.583. The zero-order chi connectivity index (χ0) is 20.1. The maximum Gasteiger partial charge on any atom is 0.220 e. The van der Waals surface area contributed by atoms with E-state index in [2.05, 4.69) is 22.8 Å². The van der Waals surface area contributed by atoms with Crippen molar-refractivity contribution in [1.29, 1.82) is 0 Å². The van der Waals surface area contributed by atoms with Crippen molar-refractivity contribution in [3.05, 3.63) is 47.8 Å². The Morgan fingerprint density at radius 3 is 2.62 bits per heavy atom. The Bertz CT molecular complexity index is 845. The summed E-state index contributed by atoms with van der Waals surface area (Å²) in [7, 11) is 0. The van der Waals surface area contributed by atoms with Gasteiger partial charge in [-0.3, -0.25) is 9.59 Å². The number of rotatable bonds is 7. The molecule has 5 rings (SSSR count). The molecule has 1 aromatic rings. The van der Waals surface area contributed by atoms with Gasteiger partial charge in [0.05, 0.1) is 0 Å². The zero-order valence-corrected chi connectivity index (χ0v) is 16.8. The molecule has 3 fully saturated rings. The average molecular weight is 397 g/mol. The van der Waals surface area contributed by atoms with Crippen molar-refractivity contribution in [3.63, 3.8) is 0 Å². The minimum Gasteiger partial charge on any atom is -0.356 e. The minimum absolute atomic E-state index is 0.0380. The van der Waals surface area contributed by atoms with Crippen molar-refractivity contribution >= 4 is 11.8 Å². The van der Waals surface area contributed by atoms with Gasteiger partial charge >= 0.3 is 0 Å². The molecular weight excluding hydrogens is 367 g/mol. The van der Waals surface area contributed by atoms with E-state index in [1.54, 1.807) is 12.1 Å². The van der Waals surface area contributed by atoms with Crippen LogP contribution >= 0.6 is 0 Å². The molecule has 1 heterocycles. The maximum absolute atomic E-state index is 13.2. The predicted molar refractivity (Wildman–Crippen MR) is 108 cm³/mol. The molecule has 4 nitrogen and oxygen atoms in total. The van der Waals surface area contributed by atoms with E-state index in [4.69, 9.17) is 0 Å². The van der Waals surface area contributed by atoms with E-state index in [1.165, 1.54) is 31.4 Å². The standard InChI is InChI=1S/C24H29FN2O2/c25-19-4-1-16(2-5-19)14-23(10-8-22(29)27-23)9-7-21(28)26-15-17-13-18-3-6-20(17)24(18)11-12-24/h1-6,17-18,20H,7-15H2,(H,26,28)(H,27,29)/t17-,18-,20-,23-/m1/s1. The van der Waals surface area contributed by atoms with Gasteiger partial charge in [-0.05, 0) is 79.4 Å². The molecule has 0 aromatic heterocycles. The smallest absolute Gasteiger partial charge is 0.220 e. The summed E-state index contributed by atoms with van der Waals surface area (Å²) in [6, 6.07) is 6.42. The first-order chi connectivity index (χ1) is 14.0. The van der Waals surface area contributed by atoms with Gasteiger partial charge in [-0.15, -0.1) is 0 Å². The molecule has 0 unspecified atom stereocenters.